The molecule has 0 radical (unpaired) electrons. The molecule has 0 spiro atoms. The number of rotatable bonds is 7. The van der Waals surface area contributed by atoms with Crippen LogP contribution in [-0.4, -0.2) is 12.3 Å². The molecule has 4 heteroatoms. The molecule has 0 aliphatic carbocycles. The predicted octanol–water partition coefficient (Wildman–Crippen LogP) is 4.21. The van der Waals surface area contributed by atoms with Crippen molar-refractivity contribution in [2.24, 2.45) is 5.92 Å². The Labute approximate surface area is 112 Å². The van der Waals surface area contributed by atoms with Crippen molar-refractivity contribution in [1.82, 2.24) is 5.32 Å². The Morgan fingerprint density at radius 3 is 2.33 bits per heavy atom. The van der Waals surface area contributed by atoms with E-state index < -0.39 is 11.6 Å². The van der Waals surface area contributed by atoms with Crippen LogP contribution < -0.4 is 5.32 Å². The highest BCUT2D eigenvalue weighted by atomic mass is 32.2. The molecular formula is C14H21F2NS. The quantitative estimate of drug-likeness (QED) is 0.590. The van der Waals surface area contributed by atoms with Crippen molar-refractivity contribution in [1.29, 1.82) is 0 Å². The molecule has 0 fully saturated rings. The van der Waals surface area contributed by atoms with Gasteiger partial charge >= 0.3 is 0 Å². The molecule has 0 amide bonds. The number of hydrogen-bond acceptors (Lipinski definition) is 2. The van der Waals surface area contributed by atoms with Crippen LogP contribution in [0.15, 0.2) is 17.0 Å². The van der Waals surface area contributed by atoms with Gasteiger partial charge in [-0.2, -0.15) is 0 Å². The lowest BCUT2D eigenvalue weighted by atomic mass is 10.2. The summed E-state index contributed by atoms with van der Waals surface area (Å²) in [7, 11) is 0. The van der Waals surface area contributed by atoms with Crippen LogP contribution in [0.25, 0.3) is 0 Å². The first-order chi connectivity index (χ1) is 8.54. The van der Waals surface area contributed by atoms with Crippen molar-refractivity contribution < 1.29 is 8.78 Å². The van der Waals surface area contributed by atoms with E-state index in [2.05, 4.69) is 12.2 Å². The van der Waals surface area contributed by atoms with Crippen LogP contribution in [0.5, 0.6) is 0 Å². The van der Waals surface area contributed by atoms with E-state index in [1.807, 2.05) is 13.8 Å². The molecule has 0 heterocycles. The number of nitrogens with one attached hydrogen (secondary N) is 1. The van der Waals surface area contributed by atoms with Crippen LogP contribution >= 0.6 is 11.8 Å². The van der Waals surface area contributed by atoms with E-state index in [1.54, 1.807) is 0 Å². The van der Waals surface area contributed by atoms with Gasteiger partial charge in [-0.25, -0.2) is 8.78 Å². The molecule has 0 bridgehead atoms. The molecule has 1 N–H and O–H groups in total. The number of hydrogen-bond donors (Lipinski definition) is 1. The van der Waals surface area contributed by atoms with Crippen LogP contribution in [0.4, 0.5) is 8.78 Å². The van der Waals surface area contributed by atoms with Crippen LogP contribution in [0.2, 0.25) is 0 Å². The van der Waals surface area contributed by atoms with Crippen LogP contribution in [0, 0.1) is 17.6 Å². The molecule has 0 aromatic heterocycles. The Balaban J connectivity index is 2.71. The van der Waals surface area contributed by atoms with Crippen LogP contribution in [-0.2, 0) is 6.54 Å². The fraction of sp³-hybridized carbons (Fsp3) is 0.571. The first-order valence-electron chi connectivity index (χ1n) is 6.36. The molecule has 0 atom stereocenters. The summed E-state index contributed by atoms with van der Waals surface area (Å²) in [5, 5.41) is 3.14. The second-order valence-electron chi connectivity index (χ2n) is 4.77. The van der Waals surface area contributed by atoms with Crippen molar-refractivity contribution in [2.45, 2.75) is 38.6 Å². The molecule has 0 aliphatic heterocycles. The number of benzene rings is 1. The minimum Gasteiger partial charge on any atom is -0.313 e. The summed E-state index contributed by atoms with van der Waals surface area (Å²) in [6.07, 6.45) is 1.01. The van der Waals surface area contributed by atoms with Gasteiger partial charge in [0.05, 0.1) is 4.90 Å². The summed E-state index contributed by atoms with van der Waals surface area (Å²) < 4.78 is 27.6. The minimum absolute atomic E-state index is 0.142. The molecular weight excluding hydrogens is 252 g/mol. The maximum atomic E-state index is 13.8. The lowest BCUT2D eigenvalue weighted by Gasteiger charge is -2.10. The van der Waals surface area contributed by atoms with E-state index in [-0.39, 0.29) is 4.90 Å². The van der Waals surface area contributed by atoms with Gasteiger partial charge in [-0.3, -0.25) is 0 Å². The second kappa shape index (κ2) is 7.74. The average Bonchev–Trinajstić information content (AvgIpc) is 2.28. The molecule has 102 valence electrons. The van der Waals surface area contributed by atoms with Crippen LogP contribution in [0.3, 0.4) is 0 Å². The monoisotopic (exact) mass is 273 g/mol. The van der Waals surface area contributed by atoms with Gasteiger partial charge in [-0.05, 0) is 36.6 Å². The summed E-state index contributed by atoms with van der Waals surface area (Å²) in [5.41, 5.74) is 0.660. The van der Waals surface area contributed by atoms with Gasteiger partial charge in [0, 0.05) is 12.3 Å². The molecule has 0 aliphatic rings. The first kappa shape index (κ1) is 15.4. The third-order valence-corrected chi connectivity index (χ3v) is 3.89. The van der Waals surface area contributed by atoms with Crippen molar-refractivity contribution in [3.8, 4) is 0 Å². The van der Waals surface area contributed by atoms with Gasteiger partial charge in [0.1, 0.15) is 11.6 Å². The third kappa shape index (κ3) is 4.94. The number of halogens is 2. The van der Waals surface area contributed by atoms with Gasteiger partial charge in [-0.15, -0.1) is 11.8 Å². The highest BCUT2D eigenvalue weighted by Gasteiger charge is 2.12. The lowest BCUT2D eigenvalue weighted by Crippen LogP contribution is -2.14. The fourth-order valence-electron chi connectivity index (χ4n) is 1.51. The molecule has 1 rings (SSSR count). The third-order valence-electron chi connectivity index (χ3n) is 2.37. The zero-order valence-corrected chi connectivity index (χ0v) is 12.0. The SMILES string of the molecule is CCCNCc1cc(F)c(SCC(C)C)c(F)c1. The Kier molecular flexibility index (Phi) is 6.65. The van der Waals surface area contributed by atoms with E-state index in [1.165, 1.54) is 23.9 Å². The first-order valence-corrected chi connectivity index (χ1v) is 7.34. The van der Waals surface area contributed by atoms with Gasteiger partial charge in [0.15, 0.2) is 0 Å². The summed E-state index contributed by atoms with van der Waals surface area (Å²) in [4.78, 5) is 0.142. The van der Waals surface area contributed by atoms with Crippen molar-refractivity contribution in [2.75, 3.05) is 12.3 Å². The Morgan fingerprint density at radius 2 is 1.83 bits per heavy atom. The van der Waals surface area contributed by atoms with Gasteiger partial charge in [0.25, 0.3) is 0 Å². The smallest absolute Gasteiger partial charge is 0.140 e. The van der Waals surface area contributed by atoms with E-state index in [0.29, 0.717) is 18.0 Å². The van der Waals surface area contributed by atoms with Crippen molar-refractivity contribution in [3.05, 3.63) is 29.3 Å². The lowest BCUT2D eigenvalue weighted by molar-refractivity contribution is 0.533. The highest BCUT2D eigenvalue weighted by molar-refractivity contribution is 7.99. The Hall–Kier alpha value is -0.610. The maximum absolute atomic E-state index is 13.8. The molecule has 0 unspecified atom stereocenters. The summed E-state index contributed by atoms with van der Waals surface area (Å²) >= 11 is 1.25. The van der Waals surface area contributed by atoms with Crippen molar-refractivity contribution >= 4 is 11.8 Å². The molecule has 18 heavy (non-hydrogen) atoms. The Morgan fingerprint density at radius 1 is 1.22 bits per heavy atom. The topological polar surface area (TPSA) is 12.0 Å². The normalized spacial score (nSPS) is 11.2. The van der Waals surface area contributed by atoms with E-state index in [0.717, 1.165) is 18.7 Å². The van der Waals surface area contributed by atoms with Crippen molar-refractivity contribution in [3.63, 3.8) is 0 Å². The summed E-state index contributed by atoms with van der Waals surface area (Å²) in [6.45, 7) is 7.49. The van der Waals surface area contributed by atoms with E-state index >= 15 is 0 Å². The molecule has 1 aromatic rings. The average molecular weight is 273 g/mol. The van der Waals surface area contributed by atoms with Gasteiger partial charge < -0.3 is 5.32 Å². The molecule has 1 nitrogen and oxygen atoms in total. The fourth-order valence-corrected chi connectivity index (χ4v) is 2.41. The maximum Gasteiger partial charge on any atom is 0.140 e. The van der Waals surface area contributed by atoms with Crippen LogP contribution in [0.1, 0.15) is 32.8 Å². The highest BCUT2D eigenvalue weighted by Crippen LogP contribution is 2.27. The predicted molar refractivity (Wildman–Crippen MR) is 73.9 cm³/mol. The molecule has 1 aromatic carbocycles. The minimum atomic E-state index is -0.450. The van der Waals surface area contributed by atoms with Gasteiger partial charge in [-0.1, -0.05) is 20.8 Å². The molecule has 0 saturated heterocycles. The Bertz CT molecular complexity index is 357. The summed E-state index contributed by atoms with van der Waals surface area (Å²) in [5.74, 6) is 0.240. The summed E-state index contributed by atoms with van der Waals surface area (Å²) in [6, 6.07) is 2.85. The van der Waals surface area contributed by atoms with E-state index in [4.69, 9.17) is 0 Å². The zero-order valence-electron chi connectivity index (χ0n) is 11.2. The largest absolute Gasteiger partial charge is 0.313 e. The number of thioether (sulfide) groups is 1. The zero-order chi connectivity index (χ0) is 13.5. The molecule has 0 saturated carbocycles. The van der Waals surface area contributed by atoms with E-state index in [9.17, 15) is 8.78 Å². The standard InChI is InChI=1S/C14H21F2NS/c1-4-5-17-8-11-6-12(15)14(13(16)7-11)18-9-10(2)3/h6-7,10,17H,4-5,8-9H2,1-3H3. The second-order valence-corrected chi connectivity index (χ2v) is 5.80. The van der Waals surface area contributed by atoms with Gasteiger partial charge in [0.2, 0.25) is 0 Å².